The van der Waals surface area contributed by atoms with Crippen molar-refractivity contribution >= 4 is 16.2 Å². The zero-order chi connectivity index (χ0) is 13.7. The molecule has 2 N–H and O–H groups in total. The fraction of sp³-hybridized carbons (Fsp3) is 0.800. The van der Waals surface area contributed by atoms with E-state index in [-0.39, 0.29) is 12.0 Å². The van der Waals surface area contributed by atoms with Gasteiger partial charge in [-0.25, -0.2) is 9.82 Å². The van der Waals surface area contributed by atoms with Gasteiger partial charge in [0.25, 0.3) is 0 Å². The van der Waals surface area contributed by atoms with Crippen LogP contribution in [0.5, 0.6) is 6.01 Å². The molecule has 0 aliphatic carbocycles. The topological polar surface area (TPSA) is 100 Å². The van der Waals surface area contributed by atoms with E-state index in [1.54, 1.807) is 6.92 Å². The van der Waals surface area contributed by atoms with Crippen LogP contribution in [0.15, 0.2) is 0 Å². The first-order valence-electron chi connectivity index (χ1n) is 6.45. The summed E-state index contributed by atoms with van der Waals surface area (Å²) < 4.78 is 33.2. The number of hydrogen-bond acceptors (Lipinski definition) is 5. The molecule has 1 saturated heterocycles. The highest BCUT2D eigenvalue weighted by Crippen LogP contribution is 2.15. The summed E-state index contributed by atoms with van der Waals surface area (Å²) in [5.74, 6) is 0.0766. The number of ether oxygens (including phenoxy) is 1. The third-order valence-corrected chi connectivity index (χ3v) is 4.37. The van der Waals surface area contributed by atoms with Gasteiger partial charge >= 0.3 is 16.2 Å². The molecule has 108 valence electrons. The zero-order valence-corrected chi connectivity index (χ0v) is 11.7. The van der Waals surface area contributed by atoms with Crippen molar-refractivity contribution in [2.75, 3.05) is 24.4 Å². The van der Waals surface area contributed by atoms with E-state index < -0.39 is 10.2 Å². The minimum absolute atomic E-state index is 0.0766. The van der Waals surface area contributed by atoms with Crippen LogP contribution >= 0.6 is 0 Å². The molecule has 1 fully saturated rings. The van der Waals surface area contributed by atoms with Crippen molar-refractivity contribution in [3.63, 3.8) is 0 Å². The molecule has 1 aliphatic heterocycles. The van der Waals surface area contributed by atoms with Crippen molar-refractivity contribution in [3.8, 4) is 6.01 Å². The molecule has 1 aromatic rings. The van der Waals surface area contributed by atoms with E-state index in [2.05, 4.69) is 19.9 Å². The Hall–Kier alpha value is -1.35. The van der Waals surface area contributed by atoms with E-state index in [9.17, 15) is 8.42 Å². The van der Waals surface area contributed by atoms with Crippen LogP contribution in [0.25, 0.3) is 0 Å². The van der Waals surface area contributed by atoms with Crippen molar-refractivity contribution in [3.05, 3.63) is 0 Å². The smallest absolute Gasteiger partial charge is 0.337 e. The molecule has 8 nitrogen and oxygen atoms in total. The summed E-state index contributed by atoms with van der Waals surface area (Å²) in [6.45, 7) is 3.32. The summed E-state index contributed by atoms with van der Waals surface area (Å²) >= 11 is 0. The lowest BCUT2D eigenvalue weighted by Crippen LogP contribution is -2.36. The Morgan fingerprint density at radius 1 is 1.32 bits per heavy atom. The molecule has 0 spiro atoms. The highest BCUT2D eigenvalue weighted by atomic mass is 32.2. The molecule has 0 saturated carbocycles. The predicted molar refractivity (Wildman–Crippen MR) is 70.1 cm³/mol. The number of aromatic amines is 1. The minimum Gasteiger partial charge on any atom is -0.463 e. The second kappa shape index (κ2) is 6.20. The summed E-state index contributed by atoms with van der Waals surface area (Å²) in [4.78, 5) is 3.90. The fourth-order valence-electron chi connectivity index (χ4n) is 1.95. The van der Waals surface area contributed by atoms with Gasteiger partial charge in [0.15, 0.2) is 0 Å². The summed E-state index contributed by atoms with van der Waals surface area (Å²) in [6.07, 6.45) is 3.93. The maximum Gasteiger partial charge on any atom is 0.337 e. The molecular formula is C10H19N5O3S. The molecule has 0 bridgehead atoms. The van der Waals surface area contributed by atoms with Crippen molar-refractivity contribution < 1.29 is 13.2 Å². The van der Waals surface area contributed by atoms with Gasteiger partial charge in [-0.2, -0.15) is 17.7 Å². The molecule has 1 aromatic heterocycles. The lowest BCUT2D eigenvalue weighted by atomic mass is 10.2. The van der Waals surface area contributed by atoms with Gasteiger partial charge in [0.05, 0.1) is 6.61 Å². The average molecular weight is 289 g/mol. The quantitative estimate of drug-likeness (QED) is 0.832. The normalized spacial score (nSPS) is 17.9. The van der Waals surface area contributed by atoms with E-state index in [4.69, 9.17) is 4.74 Å². The summed E-state index contributed by atoms with van der Waals surface area (Å²) in [6, 6.07) is 0.135. The molecule has 9 heteroatoms. The third kappa shape index (κ3) is 3.80. The van der Waals surface area contributed by atoms with Crippen LogP contribution in [0.2, 0.25) is 0 Å². The van der Waals surface area contributed by atoms with Crippen LogP contribution in [0.3, 0.4) is 0 Å². The lowest BCUT2D eigenvalue weighted by Gasteiger charge is -2.19. The number of H-pyrrole nitrogens is 1. The van der Waals surface area contributed by atoms with Crippen LogP contribution in [-0.2, 0) is 10.2 Å². The van der Waals surface area contributed by atoms with Gasteiger partial charge in [-0.15, -0.1) is 5.10 Å². The monoisotopic (exact) mass is 289 g/mol. The van der Waals surface area contributed by atoms with Gasteiger partial charge in [-0.1, -0.05) is 12.8 Å². The lowest BCUT2D eigenvalue weighted by molar-refractivity contribution is 0.314. The number of rotatable bonds is 5. The van der Waals surface area contributed by atoms with Gasteiger partial charge in [0.2, 0.25) is 5.95 Å². The summed E-state index contributed by atoms with van der Waals surface area (Å²) in [5.41, 5.74) is 0. The number of hydrogen-bond donors (Lipinski definition) is 2. The van der Waals surface area contributed by atoms with E-state index in [0.717, 1.165) is 25.7 Å². The van der Waals surface area contributed by atoms with Crippen LogP contribution in [0, 0.1) is 0 Å². The van der Waals surface area contributed by atoms with Crippen LogP contribution < -0.4 is 9.46 Å². The van der Waals surface area contributed by atoms with Crippen molar-refractivity contribution in [1.82, 2.24) is 19.5 Å². The maximum atomic E-state index is 12.2. The Bertz CT molecular complexity index is 493. The SMILES string of the molecule is CCOc1n[nH]c(NS(=O)(=O)N2CCCCCC2)n1. The molecule has 0 unspecified atom stereocenters. The second-order valence-corrected chi connectivity index (χ2v) is 5.99. The molecule has 0 amide bonds. The standard InChI is InChI=1S/C10H19N5O3S/c1-2-18-10-11-9(12-13-10)14-19(16,17)15-7-5-3-4-6-8-15/h2-8H2,1H3,(H2,11,12,13,14). The molecule has 0 aromatic carbocycles. The largest absolute Gasteiger partial charge is 0.463 e. The van der Waals surface area contributed by atoms with E-state index in [1.165, 1.54) is 4.31 Å². The van der Waals surface area contributed by atoms with Crippen molar-refractivity contribution in [2.45, 2.75) is 32.6 Å². The van der Waals surface area contributed by atoms with Crippen LogP contribution in [-0.4, -0.2) is 47.6 Å². The minimum atomic E-state index is -3.57. The summed E-state index contributed by atoms with van der Waals surface area (Å²) in [7, 11) is -3.57. The average Bonchev–Trinajstić information content (AvgIpc) is 2.65. The maximum absolute atomic E-state index is 12.2. The number of nitrogens with zero attached hydrogens (tertiary/aromatic N) is 3. The summed E-state index contributed by atoms with van der Waals surface area (Å²) in [5, 5.41) is 6.25. The third-order valence-electron chi connectivity index (χ3n) is 2.87. The molecule has 0 radical (unpaired) electrons. The molecule has 0 atom stereocenters. The fourth-order valence-corrected chi connectivity index (χ4v) is 3.16. The zero-order valence-electron chi connectivity index (χ0n) is 10.9. The van der Waals surface area contributed by atoms with Gasteiger partial charge in [0.1, 0.15) is 0 Å². The second-order valence-electron chi connectivity index (χ2n) is 4.32. The Labute approximate surface area is 112 Å². The first kappa shape index (κ1) is 14.1. The highest BCUT2D eigenvalue weighted by molar-refractivity contribution is 7.90. The number of anilines is 1. The van der Waals surface area contributed by atoms with Gasteiger partial charge in [-0.3, -0.25) is 0 Å². The Morgan fingerprint density at radius 2 is 2.00 bits per heavy atom. The first-order chi connectivity index (χ1) is 9.12. The molecule has 19 heavy (non-hydrogen) atoms. The van der Waals surface area contributed by atoms with E-state index in [1.807, 2.05) is 0 Å². The molecule has 2 heterocycles. The molecule has 2 rings (SSSR count). The number of aromatic nitrogens is 3. The van der Waals surface area contributed by atoms with Gasteiger partial charge in [-0.05, 0) is 19.8 Å². The molecule has 1 aliphatic rings. The number of nitrogens with one attached hydrogen (secondary N) is 2. The highest BCUT2D eigenvalue weighted by Gasteiger charge is 2.24. The van der Waals surface area contributed by atoms with Crippen molar-refractivity contribution in [2.24, 2.45) is 0 Å². The van der Waals surface area contributed by atoms with Crippen LogP contribution in [0.1, 0.15) is 32.6 Å². The molecular weight excluding hydrogens is 270 g/mol. The van der Waals surface area contributed by atoms with Crippen LogP contribution in [0.4, 0.5) is 5.95 Å². The Kier molecular flexibility index (Phi) is 4.59. The predicted octanol–water partition coefficient (Wildman–Crippen LogP) is 0.736. The Balaban J connectivity index is 2.02. The van der Waals surface area contributed by atoms with Gasteiger partial charge < -0.3 is 4.74 Å². The Morgan fingerprint density at radius 3 is 2.63 bits per heavy atom. The van der Waals surface area contributed by atoms with Crippen molar-refractivity contribution in [1.29, 1.82) is 0 Å². The van der Waals surface area contributed by atoms with Gasteiger partial charge in [0, 0.05) is 13.1 Å². The first-order valence-corrected chi connectivity index (χ1v) is 7.89. The van der Waals surface area contributed by atoms with E-state index in [0.29, 0.717) is 19.7 Å². The van der Waals surface area contributed by atoms with E-state index >= 15 is 0 Å².